The fourth-order valence-corrected chi connectivity index (χ4v) is 3.18. The molecule has 0 aliphatic heterocycles. The van der Waals surface area contributed by atoms with E-state index in [2.05, 4.69) is 10.9 Å². The van der Waals surface area contributed by atoms with Gasteiger partial charge in [0, 0.05) is 17.1 Å². The molecule has 0 fully saturated rings. The summed E-state index contributed by atoms with van der Waals surface area (Å²) >= 11 is 6.19. The molecule has 0 saturated heterocycles. The maximum Gasteiger partial charge on any atom is 0.279 e. The number of para-hydroxylation sites is 1. The topological polar surface area (TPSA) is 72.4 Å². The van der Waals surface area contributed by atoms with Gasteiger partial charge < -0.3 is 9.30 Å². The first-order valence-electron chi connectivity index (χ1n) is 9.24. The molecule has 0 aliphatic rings. The van der Waals surface area contributed by atoms with Gasteiger partial charge in [-0.2, -0.15) is 0 Å². The van der Waals surface area contributed by atoms with Gasteiger partial charge in [-0.3, -0.25) is 20.4 Å². The Hall–Kier alpha value is -3.32. The van der Waals surface area contributed by atoms with Crippen LogP contribution >= 0.6 is 11.6 Å². The summed E-state index contributed by atoms with van der Waals surface area (Å²) in [5.74, 6) is -1.87. The van der Waals surface area contributed by atoms with Crippen LogP contribution in [0.5, 0.6) is 5.75 Å². The first kappa shape index (κ1) is 21.4. The van der Waals surface area contributed by atoms with Crippen LogP contribution in [0.4, 0.5) is 4.39 Å². The number of nitrogens with one attached hydrogen (secondary N) is 2. The Labute approximate surface area is 178 Å². The second-order valence-electron chi connectivity index (χ2n) is 6.75. The normalized spacial score (nSPS) is 11.6. The van der Waals surface area contributed by atoms with Crippen molar-refractivity contribution >= 4 is 23.4 Å². The number of ether oxygens (including phenoxy) is 1. The third-order valence-corrected chi connectivity index (χ3v) is 4.86. The molecule has 6 nitrogen and oxygen atoms in total. The van der Waals surface area contributed by atoms with Crippen LogP contribution in [0.1, 0.15) is 28.7 Å². The average molecular weight is 430 g/mol. The van der Waals surface area contributed by atoms with Crippen LogP contribution < -0.4 is 15.6 Å². The van der Waals surface area contributed by atoms with Gasteiger partial charge in [0.25, 0.3) is 11.8 Å². The number of aromatic nitrogens is 1. The van der Waals surface area contributed by atoms with Crippen LogP contribution in [0.15, 0.2) is 54.6 Å². The molecule has 30 heavy (non-hydrogen) atoms. The average Bonchev–Trinajstić information content (AvgIpc) is 3.06. The third kappa shape index (κ3) is 4.63. The highest BCUT2D eigenvalue weighted by molar-refractivity contribution is 6.33. The molecule has 0 saturated carbocycles. The highest BCUT2D eigenvalue weighted by atomic mass is 35.5. The van der Waals surface area contributed by atoms with Crippen LogP contribution in [0.2, 0.25) is 5.02 Å². The zero-order valence-electron chi connectivity index (χ0n) is 16.7. The van der Waals surface area contributed by atoms with Gasteiger partial charge in [0.2, 0.25) is 0 Å². The molecular weight excluding hydrogens is 409 g/mol. The van der Waals surface area contributed by atoms with Crippen molar-refractivity contribution in [2.75, 3.05) is 0 Å². The fourth-order valence-electron chi connectivity index (χ4n) is 2.97. The summed E-state index contributed by atoms with van der Waals surface area (Å²) < 4.78 is 20.9. The predicted octanol–water partition coefficient (Wildman–Crippen LogP) is 4.12. The molecule has 2 amide bonds. The summed E-state index contributed by atoms with van der Waals surface area (Å²) in [5.41, 5.74) is 7.58. The molecule has 1 atom stereocenters. The van der Waals surface area contributed by atoms with E-state index in [0.29, 0.717) is 0 Å². The van der Waals surface area contributed by atoms with E-state index in [0.717, 1.165) is 17.1 Å². The Bertz CT molecular complexity index is 1080. The van der Waals surface area contributed by atoms with Gasteiger partial charge in [-0.1, -0.05) is 23.7 Å². The van der Waals surface area contributed by atoms with Gasteiger partial charge in [0.15, 0.2) is 17.7 Å². The van der Waals surface area contributed by atoms with Gasteiger partial charge >= 0.3 is 0 Å². The Kier molecular flexibility index (Phi) is 6.42. The first-order chi connectivity index (χ1) is 14.3. The van der Waals surface area contributed by atoms with E-state index in [1.54, 1.807) is 18.2 Å². The van der Waals surface area contributed by atoms with Crippen molar-refractivity contribution in [3.8, 4) is 11.4 Å². The summed E-state index contributed by atoms with van der Waals surface area (Å²) in [6.07, 6.45) is -1.03. The largest absolute Gasteiger partial charge is 0.478 e. The smallest absolute Gasteiger partial charge is 0.279 e. The van der Waals surface area contributed by atoms with Crippen molar-refractivity contribution in [3.05, 3.63) is 82.4 Å². The lowest BCUT2D eigenvalue weighted by molar-refractivity contribution is -0.128. The molecule has 2 N–H and O–H groups in total. The molecule has 1 unspecified atom stereocenters. The summed E-state index contributed by atoms with van der Waals surface area (Å²) in [6.45, 7) is 5.36. The van der Waals surface area contributed by atoms with Gasteiger partial charge in [0.05, 0.1) is 10.6 Å². The van der Waals surface area contributed by atoms with Crippen molar-refractivity contribution in [2.24, 2.45) is 0 Å². The van der Waals surface area contributed by atoms with Crippen molar-refractivity contribution in [2.45, 2.75) is 26.9 Å². The minimum Gasteiger partial charge on any atom is -0.478 e. The van der Waals surface area contributed by atoms with E-state index in [9.17, 15) is 14.0 Å². The standard InChI is InChI=1S/C22H21ClFN3O3/c1-13-8-9-14(2)27(13)16-10-11-18(23)17(12-16)22(29)26-25-21(28)15(3)30-20-7-5-4-6-19(20)24/h4-12,15H,1-3H3,(H,25,28)(H,26,29). The number of nitrogens with zero attached hydrogens (tertiary/aromatic N) is 1. The molecule has 0 aliphatic carbocycles. The van der Waals surface area contributed by atoms with Crippen molar-refractivity contribution < 1.29 is 18.7 Å². The van der Waals surface area contributed by atoms with Gasteiger partial charge in [-0.25, -0.2) is 4.39 Å². The van der Waals surface area contributed by atoms with E-state index in [4.69, 9.17) is 16.3 Å². The predicted molar refractivity (Wildman–Crippen MR) is 112 cm³/mol. The van der Waals surface area contributed by atoms with Crippen LogP contribution in [-0.4, -0.2) is 22.5 Å². The minimum absolute atomic E-state index is 0.0558. The Morgan fingerprint density at radius 1 is 1.03 bits per heavy atom. The Morgan fingerprint density at radius 3 is 2.37 bits per heavy atom. The SMILES string of the molecule is Cc1ccc(C)n1-c1ccc(Cl)c(C(=O)NNC(=O)C(C)Oc2ccccc2F)c1. The first-order valence-corrected chi connectivity index (χ1v) is 9.62. The quantitative estimate of drug-likeness (QED) is 0.599. The van der Waals surface area contributed by atoms with Crippen molar-refractivity contribution in [1.29, 1.82) is 0 Å². The molecule has 3 rings (SSSR count). The zero-order chi connectivity index (χ0) is 21.8. The number of hydrogen-bond donors (Lipinski definition) is 2. The van der Waals surface area contributed by atoms with E-state index in [1.807, 2.05) is 36.6 Å². The number of hydrogen-bond acceptors (Lipinski definition) is 3. The number of carbonyl (C=O) groups excluding carboxylic acids is 2. The molecule has 0 radical (unpaired) electrons. The van der Waals surface area contributed by atoms with E-state index >= 15 is 0 Å². The lowest BCUT2D eigenvalue weighted by atomic mass is 10.2. The van der Waals surface area contributed by atoms with Crippen LogP contribution in [0, 0.1) is 19.7 Å². The number of benzene rings is 2. The fraction of sp³-hybridized carbons (Fsp3) is 0.182. The molecule has 0 spiro atoms. The summed E-state index contributed by atoms with van der Waals surface area (Å²) in [4.78, 5) is 24.8. The molecule has 0 bridgehead atoms. The lowest BCUT2D eigenvalue weighted by Gasteiger charge is -2.16. The second kappa shape index (κ2) is 9.00. The van der Waals surface area contributed by atoms with E-state index < -0.39 is 23.7 Å². The minimum atomic E-state index is -1.03. The number of halogens is 2. The number of hydrazine groups is 1. The molecule has 8 heteroatoms. The highest BCUT2D eigenvalue weighted by Crippen LogP contribution is 2.23. The number of carbonyl (C=O) groups is 2. The van der Waals surface area contributed by atoms with Crippen LogP contribution in [-0.2, 0) is 4.79 Å². The number of aryl methyl sites for hydroxylation is 2. The maximum absolute atomic E-state index is 13.7. The molecular formula is C22H21ClFN3O3. The Balaban J connectivity index is 1.68. The molecule has 1 aromatic heterocycles. The van der Waals surface area contributed by atoms with E-state index in [1.165, 1.54) is 25.1 Å². The molecule has 156 valence electrons. The molecule has 3 aromatic rings. The van der Waals surface area contributed by atoms with Crippen LogP contribution in [0.3, 0.4) is 0 Å². The monoisotopic (exact) mass is 429 g/mol. The number of rotatable bonds is 5. The molecule has 2 aromatic carbocycles. The zero-order valence-corrected chi connectivity index (χ0v) is 17.5. The highest BCUT2D eigenvalue weighted by Gasteiger charge is 2.19. The van der Waals surface area contributed by atoms with Crippen molar-refractivity contribution in [1.82, 2.24) is 15.4 Å². The number of amides is 2. The molecule has 1 heterocycles. The maximum atomic E-state index is 13.7. The summed E-state index contributed by atoms with van der Waals surface area (Å²) in [5, 5.41) is 0.239. The lowest BCUT2D eigenvalue weighted by Crippen LogP contribution is -2.47. The van der Waals surface area contributed by atoms with Crippen LogP contribution in [0.25, 0.3) is 5.69 Å². The van der Waals surface area contributed by atoms with E-state index in [-0.39, 0.29) is 16.3 Å². The van der Waals surface area contributed by atoms with Gasteiger partial charge in [0.1, 0.15) is 0 Å². The summed E-state index contributed by atoms with van der Waals surface area (Å²) in [7, 11) is 0. The van der Waals surface area contributed by atoms with Gasteiger partial charge in [-0.15, -0.1) is 0 Å². The third-order valence-electron chi connectivity index (χ3n) is 4.53. The summed E-state index contributed by atoms with van der Waals surface area (Å²) in [6, 6.07) is 14.8. The Morgan fingerprint density at radius 2 is 1.70 bits per heavy atom. The van der Waals surface area contributed by atoms with Crippen molar-refractivity contribution in [3.63, 3.8) is 0 Å². The van der Waals surface area contributed by atoms with Gasteiger partial charge in [-0.05, 0) is 63.2 Å². The second-order valence-corrected chi connectivity index (χ2v) is 7.16.